The first-order valence-electron chi connectivity index (χ1n) is 8.50. The van der Waals surface area contributed by atoms with Gasteiger partial charge in [0.05, 0.1) is 5.92 Å². The summed E-state index contributed by atoms with van der Waals surface area (Å²) in [5, 5.41) is 9.21. The summed E-state index contributed by atoms with van der Waals surface area (Å²) in [5.74, 6) is -0.426. The predicted molar refractivity (Wildman–Crippen MR) is 81.9 cm³/mol. The van der Waals surface area contributed by atoms with Gasteiger partial charge in [-0.3, -0.25) is 9.59 Å². The van der Waals surface area contributed by atoms with Crippen molar-refractivity contribution < 1.29 is 14.7 Å². The van der Waals surface area contributed by atoms with Crippen LogP contribution in [-0.2, 0) is 9.59 Å². The number of carboxylic acids is 1. The zero-order valence-electron chi connectivity index (χ0n) is 13.5. The van der Waals surface area contributed by atoms with E-state index in [1.165, 1.54) is 0 Å². The van der Waals surface area contributed by atoms with E-state index in [-0.39, 0.29) is 23.8 Å². The summed E-state index contributed by atoms with van der Waals surface area (Å²) in [6.45, 7) is 6.52. The van der Waals surface area contributed by atoms with Gasteiger partial charge in [-0.1, -0.05) is 26.7 Å². The van der Waals surface area contributed by atoms with Gasteiger partial charge in [-0.2, -0.15) is 0 Å². The second-order valence-electron chi connectivity index (χ2n) is 7.00. The number of carbonyl (C=O) groups excluding carboxylic acids is 1. The molecule has 0 radical (unpaired) electrons. The Labute approximate surface area is 127 Å². The van der Waals surface area contributed by atoms with Gasteiger partial charge in [0, 0.05) is 18.0 Å². The van der Waals surface area contributed by atoms with Gasteiger partial charge in [-0.05, 0) is 44.9 Å². The van der Waals surface area contributed by atoms with Crippen LogP contribution in [0.1, 0.15) is 65.7 Å². The third-order valence-corrected chi connectivity index (χ3v) is 5.47. The molecule has 21 heavy (non-hydrogen) atoms. The number of carboxylic acid groups (broad SMARTS) is 1. The van der Waals surface area contributed by atoms with E-state index in [0.29, 0.717) is 18.4 Å². The van der Waals surface area contributed by atoms with Crippen LogP contribution < -0.4 is 0 Å². The number of hydrogen-bond acceptors (Lipinski definition) is 2. The largest absolute Gasteiger partial charge is 0.481 e. The highest BCUT2D eigenvalue weighted by Gasteiger charge is 2.41. The molecule has 4 atom stereocenters. The molecule has 0 bridgehead atoms. The van der Waals surface area contributed by atoms with Gasteiger partial charge >= 0.3 is 5.97 Å². The summed E-state index contributed by atoms with van der Waals surface area (Å²) >= 11 is 0. The van der Waals surface area contributed by atoms with E-state index in [2.05, 4.69) is 25.7 Å². The van der Waals surface area contributed by atoms with Crippen LogP contribution in [0.3, 0.4) is 0 Å². The van der Waals surface area contributed by atoms with Crippen molar-refractivity contribution in [2.24, 2.45) is 17.8 Å². The Morgan fingerprint density at radius 3 is 2.29 bits per heavy atom. The molecule has 4 nitrogen and oxygen atoms in total. The molecule has 0 heterocycles. The Morgan fingerprint density at radius 2 is 1.76 bits per heavy atom. The van der Waals surface area contributed by atoms with Crippen LogP contribution in [-0.4, -0.2) is 34.0 Å². The fourth-order valence-electron chi connectivity index (χ4n) is 3.53. The molecule has 0 aliphatic heterocycles. The van der Waals surface area contributed by atoms with Crippen LogP contribution in [0.15, 0.2) is 0 Å². The summed E-state index contributed by atoms with van der Waals surface area (Å²) in [6.07, 6.45) is 6.28. The molecule has 4 unspecified atom stereocenters. The van der Waals surface area contributed by atoms with E-state index in [1.807, 2.05) is 0 Å². The molecule has 0 aromatic heterocycles. The number of amides is 1. The number of aliphatic carboxylic acids is 1. The normalized spacial score (nSPS) is 28.7. The minimum Gasteiger partial charge on any atom is -0.481 e. The molecule has 0 aromatic rings. The molecule has 1 amide bonds. The van der Waals surface area contributed by atoms with Gasteiger partial charge in [0.1, 0.15) is 0 Å². The fraction of sp³-hybridized carbons (Fsp3) is 0.882. The van der Waals surface area contributed by atoms with Gasteiger partial charge in [-0.15, -0.1) is 0 Å². The molecule has 0 saturated heterocycles. The van der Waals surface area contributed by atoms with Gasteiger partial charge in [-0.25, -0.2) is 0 Å². The number of carbonyl (C=O) groups is 2. The first-order valence-corrected chi connectivity index (χ1v) is 8.50. The highest BCUT2D eigenvalue weighted by molar-refractivity contribution is 5.81. The average molecular weight is 295 g/mol. The predicted octanol–water partition coefficient (Wildman–Crippen LogP) is 3.30. The van der Waals surface area contributed by atoms with Gasteiger partial charge in [0.25, 0.3) is 0 Å². The molecule has 4 heteroatoms. The standard InChI is InChI=1S/C17H29NO3/c1-4-11(2)12(3)18(15-8-9-15)16(19)13-6-5-7-14(10-13)17(20)21/h11-15H,4-10H2,1-3H3,(H,20,21). The van der Waals surface area contributed by atoms with Crippen molar-refractivity contribution in [3.8, 4) is 0 Å². The van der Waals surface area contributed by atoms with Crippen LogP contribution in [0, 0.1) is 17.8 Å². The van der Waals surface area contributed by atoms with E-state index < -0.39 is 5.97 Å². The molecule has 0 spiro atoms. The molecule has 120 valence electrons. The third kappa shape index (κ3) is 3.78. The lowest BCUT2D eigenvalue weighted by atomic mass is 9.80. The van der Waals surface area contributed by atoms with Crippen molar-refractivity contribution in [1.82, 2.24) is 4.90 Å². The highest BCUT2D eigenvalue weighted by atomic mass is 16.4. The van der Waals surface area contributed by atoms with Crippen molar-refractivity contribution in [3.63, 3.8) is 0 Å². The lowest BCUT2D eigenvalue weighted by molar-refractivity contribution is -0.146. The molecular weight excluding hydrogens is 266 g/mol. The maximum atomic E-state index is 12.9. The van der Waals surface area contributed by atoms with E-state index in [1.54, 1.807) is 0 Å². The van der Waals surface area contributed by atoms with Crippen LogP contribution in [0.4, 0.5) is 0 Å². The molecule has 2 aliphatic rings. The molecule has 2 fully saturated rings. The van der Waals surface area contributed by atoms with Crippen LogP contribution >= 0.6 is 0 Å². The summed E-state index contributed by atoms with van der Waals surface area (Å²) in [7, 11) is 0. The SMILES string of the molecule is CCC(C)C(C)N(C(=O)C1CCCC(C(=O)O)C1)C1CC1. The second-order valence-corrected chi connectivity index (χ2v) is 7.00. The Bertz CT molecular complexity index is 391. The molecule has 0 aromatic carbocycles. The van der Waals surface area contributed by atoms with Crippen LogP contribution in [0.25, 0.3) is 0 Å². The Kier molecular flexibility index (Phi) is 5.28. The zero-order chi connectivity index (χ0) is 15.6. The van der Waals surface area contributed by atoms with Crippen molar-refractivity contribution >= 4 is 11.9 Å². The number of hydrogen-bond donors (Lipinski definition) is 1. The monoisotopic (exact) mass is 295 g/mol. The molecular formula is C17H29NO3. The van der Waals surface area contributed by atoms with E-state index in [0.717, 1.165) is 38.5 Å². The smallest absolute Gasteiger partial charge is 0.306 e. The lowest BCUT2D eigenvalue weighted by Crippen LogP contribution is -2.47. The van der Waals surface area contributed by atoms with Gasteiger partial charge < -0.3 is 10.0 Å². The fourth-order valence-corrected chi connectivity index (χ4v) is 3.53. The summed E-state index contributed by atoms with van der Waals surface area (Å²) < 4.78 is 0. The minimum absolute atomic E-state index is 0.0769. The average Bonchev–Trinajstić information content (AvgIpc) is 3.31. The van der Waals surface area contributed by atoms with Crippen LogP contribution in [0.2, 0.25) is 0 Å². The second kappa shape index (κ2) is 6.80. The van der Waals surface area contributed by atoms with E-state index in [9.17, 15) is 14.7 Å². The summed E-state index contributed by atoms with van der Waals surface area (Å²) in [6, 6.07) is 0.673. The van der Waals surface area contributed by atoms with Gasteiger partial charge in [0.15, 0.2) is 0 Å². The Morgan fingerprint density at radius 1 is 1.14 bits per heavy atom. The molecule has 2 rings (SSSR count). The maximum absolute atomic E-state index is 12.9. The molecule has 1 N–H and O–H groups in total. The Balaban J connectivity index is 2.06. The van der Waals surface area contributed by atoms with Crippen molar-refractivity contribution in [1.29, 1.82) is 0 Å². The first-order chi connectivity index (χ1) is 9.95. The summed E-state index contributed by atoms with van der Waals surface area (Å²) in [5.41, 5.74) is 0. The van der Waals surface area contributed by atoms with Crippen LogP contribution in [0.5, 0.6) is 0 Å². The molecule has 2 saturated carbocycles. The first kappa shape index (κ1) is 16.3. The Hall–Kier alpha value is -1.06. The van der Waals surface area contributed by atoms with Crippen molar-refractivity contribution in [3.05, 3.63) is 0 Å². The maximum Gasteiger partial charge on any atom is 0.306 e. The van der Waals surface area contributed by atoms with E-state index in [4.69, 9.17) is 0 Å². The number of rotatable bonds is 6. The third-order valence-electron chi connectivity index (χ3n) is 5.47. The lowest BCUT2D eigenvalue weighted by Gasteiger charge is -2.37. The van der Waals surface area contributed by atoms with E-state index >= 15 is 0 Å². The quantitative estimate of drug-likeness (QED) is 0.818. The van der Waals surface area contributed by atoms with Crippen molar-refractivity contribution in [2.45, 2.75) is 77.8 Å². The summed E-state index contributed by atoms with van der Waals surface area (Å²) in [4.78, 5) is 26.2. The zero-order valence-corrected chi connectivity index (χ0v) is 13.5. The highest BCUT2D eigenvalue weighted by Crippen LogP contribution is 2.37. The minimum atomic E-state index is -0.736. The van der Waals surface area contributed by atoms with Crippen molar-refractivity contribution in [2.75, 3.05) is 0 Å². The number of nitrogens with zero attached hydrogens (tertiary/aromatic N) is 1. The van der Waals surface area contributed by atoms with Gasteiger partial charge in [0.2, 0.25) is 5.91 Å². The molecule has 2 aliphatic carbocycles. The topological polar surface area (TPSA) is 57.6 Å².